The Hall–Kier alpha value is -1.79. The van der Waals surface area contributed by atoms with Crippen molar-refractivity contribution in [2.24, 2.45) is 0 Å². The number of carbonyl (C=O) groups is 1. The third kappa shape index (κ3) is 3.02. The molecule has 1 fully saturated rings. The SMILES string of the molecule is O=C(Nc1nccs1)c1cccc([C@@H]2CCCNC2)n1. The molecule has 3 heterocycles. The minimum Gasteiger partial charge on any atom is -0.316 e. The molecule has 0 aromatic carbocycles. The molecule has 0 aliphatic carbocycles. The van der Waals surface area contributed by atoms with Crippen LogP contribution in [-0.2, 0) is 0 Å². The summed E-state index contributed by atoms with van der Waals surface area (Å²) in [6, 6.07) is 5.63. The predicted molar refractivity (Wildman–Crippen MR) is 79.1 cm³/mol. The number of hydrogen-bond acceptors (Lipinski definition) is 5. The first-order valence-electron chi connectivity index (χ1n) is 6.71. The number of hydrogen-bond donors (Lipinski definition) is 2. The Morgan fingerprint density at radius 2 is 2.40 bits per heavy atom. The molecule has 6 heteroatoms. The van der Waals surface area contributed by atoms with Crippen LogP contribution >= 0.6 is 11.3 Å². The average molecular weight is 288 g/mol. The van der Waals surface area contributed by atoms with Gasteiger partial charge in [0.05, 0.1) is 0 Å². The molecule has 2 aromatic rings. The molecule has 0 spiro atoms. The van der Waals surface area contributed by atoms with Crippen molar-refractivity contribution in [3.05, 3.63) is 41.2 Å². The molecule has 2 aromatic heterocycles. The zero-order valence-corrected chi connectivity index (χ0v) is 11.8. The largest absolute Gasteiger partial charge is 0.316 e. The molecular weight excluding hydrogens is 272 g/mol. The zero-order chi connectivity index (χ0) is 13.8. The van der Waals surface area contributed by atoms with Crippen LogP contribution in [0.3, 0.4) is 0 Å². The molecule has 1 aliphatic rings. The third-order valence-corrected chi connectivity index (χ3v) is 4.06. The summed E-state index contributed by atoms with van der Waals surface area (Å²) < 4.78 is 0. The number of nitrogens with one attached hydrogen (secondary N) is 2. The van der Waals surface area contributed by atoms with Gasteiger partial charge in [-0.3, -0.25) is 10.1 Å². The Balaban J connectivity index is 1.74. The molecule has 3 rings (SSSR count). The van der Waals surface area contributed by atoms with E-state index in [4.69, 9.17) is 0 Å². The monoisotopic (exact) mass is 288 g/mol. The summed E-state index contributed by atoms with van der Waals surface area (Å²) in [6.45, 7) is 2.01. The molecule has 2 N–H and O–H groups in total. The van der Waals surface area contributed by atoms with Gasteiger partial charge in [-0.2, -0.15) is 0 Å². The van der Waals surface area contributed by atoms with Gasteiger partial charge in [0.1, 0.15) is 5.69 Å². The van der Waals surface area contributed by atoms with Crippen molar-refractivity contribution in [2.45, 2.75) is 18.8 Å². The van der Waals surface area contributed by atoms with Gasteiger partial charge in [-0.05, 0) is 31.5 Å². The van der Waals surface area contributed by atoms with Crippen molar-refractivity contribution >= 4 is 22.4 Å². The number of pyridine rings is 1. The summed E-state index contributed by atoms with van der Waals surface area (Å²) in [7, 11) is 0. The highest BCUT2D eigenvalue weighted by molar-refractivity contribution is 7.13. The quantitative estimate of drug-likeness (QED) is 0.909. The lowest BCUT2D eigenvalue weighted by molar-refractivity contribution is 0.102. The summed E-state index contributed by atoms with van der Waals surface area (Å²) in [5, 5.41) is 8.55. The Morgan fingerprint density at radius 1 is 1.45 bits per heavy atom. The Bertz CT molecular complexity index is 579. The molecule has 1 aliphatic heterocycles. The van der Waals surface area contributed by atoms with E-state index in [9.17, 15) is 4.79 Å². The molecule has 20 heavy (non-hydrogen) atoms. The van der Waals surface area contributed by atoms with Crippen molar-refractivity contribution in [3.8, 4) is 0 Å². The minimum absolute atomic E-state index is 0.203. The highest BCUT2D eigenvalue weighted by Crippen LogP contribution is 2.21. The van der Waals surface area contributed by atoms with E-state index in [1.54, 1.807) is 12.3 Å². The second-order valence-electron chi connectivity index (χ2n) is 4.78. The zero-order valence-electron chi connectivity index (χ0n) is 11.0. The third-order valence-electron chi connectivity index (χ3n) is 3.37. The number of carbonyl (C=O) groups excluding carboxylic acids is 1. The van der Waals surface area contributed by atoms with Gasteiger partial charge in [0.25, 0.3) is 5.91 Å². The van der Waals surface area contributed by atoms with E-state index in [1.807, 2.05) is 17.5 Å². The van der Waals surface area contributed by atoms with E-state index < -0.39 is 0 Å². The summed E-state index contributed by atoms with van der Waals surface area (Å²) in [5.74, 6) is 0.196. The molecule has 0 unspecified atom stereocenters. The summed E-state index contributed by atoms with van der Waals surface area (Å²) in [6.07, 6.45) is 3.94. The van der Waals surface area contributed by atoms with Gasteiger partial charge in [0, 0.05) is 29.7 Å². The first-order valence-corrected chi connectivity index (χ1v) is 7.59. The summed E-state index contributed by atoms with van der Waals surface area (Å²) in [4.78, 5) is 20.7. The van der Waals surface area contributed by atoms with Crippen LogP contribution in [0.4, 0.5) is 5.13 Å². The molecule has 1 atom stereocenters. The van der Waals surface area contributed by atoms with E-state index in [1.165, 1.54) is 11.3 Å². The molecule has 0 radical (unpaired) electrons. The van der Waals surface area contributed by atoms with Crippen LogP contribution in [0.15, 0.2) is 29.8 Å². The van der Waals surface area contributed by atoms with Gasteiger partial charge in [0.15, 0.2) is 5.13 Å². The highest BCUT2D eigenvalue weighted by Gasteiger charge is 2.18. The van der Waals surface area contributed by atoms with Crippen molar-refractivity contribution in [1.29, 1.82) is 0 Å². The smallest absolute Gasteiger partial charge is 0.276 e. The van der Waals surface area contributed by atoms with E-state index in [0.717, 1.165) is 31.6 Å². The van der Waals surface area contributed by atoms with Crippen molar-refractivity contribution in [3.63, 3.8) is 0 Å². The second kappa shape index (κ2) is 6.11. The number of amides is 1. The van der Waals surface area contributed by atoms with Gasteiger partial charge in [-0.25, -0.2) is 9.97 Å². The van der Waals surface area contributed by atoms with E-state index in [2.05, 4.69) is 20.6 Å². The Labute approximate surface area is 121 Å². The van der Waals surface area contributed by atoms with Crippen LogP contribution in [0.5, 0.6) is 0 Å². The van der Waals surface area contributed by atoms with Crippen molar-refractivity contribution < 1.29 is 4.79 Å². The van der Waals surface area contributed by atoms with Crippen LogP contribution in [0, 0.1) is 0 Å². The second-order valence-corrected chi connectivity index (χ2v) is 5.68. The number of aromatic nitrogens is 2. The normalized spacial score (nSPS) is 18.7. The minimum atomic E-state index is -0.203. The van der Waals surface area contributed by atoms with E-state index in [-0.39, 0.29) is 5.91 Å². The van der Waals surface area contributed by atoms with Crippen molar-refractivity contribution in [1.82, 2.24) is 15.3 Å². The number of rotatable bonds is 3. The van der Waals surface area contributed by atoms with Crippen molar-refractivity contribution in [2.75, 3.05) is 18.4 Å². The maximum atomic E-state index is 12.1. The Kier molecular flexibility index (Phi) is 4.03. The topological polar surface area (TPSA) is 66.9 Å². The average Bonchev–Trinajstić information content (AvgIpc) is 3.01. The number of anilines is 1. The molecule has 1 saturated heterocycles. The fraction of sp³-hybridized carbons (Fsp3) is 0.357. The predicted octanol–water partition coefficient (Wildman–Crippen LogP) is 2.26. The summed E-state index contributed by atoms with van der Waals surface area (Å²) >= 11 is 1.40. The molecule has 0 bridgehead atoms. The van der Waals surface area contributed by atoms with Crippen LogP contribution < -0.4 is 10.6 Å². The summed E-state index contributed by atoms with van der Waals surface area (Å²) in [5.41, 5.74) is 1.44. The van der Waals surface area contributed by atoms with Crippen LogP contribution in [-0.4, -0.2) is 29.0 Å². The lowest BCUT2D eigenvalue weighted by atomic mass is 9.95. The Morgan fingerprint density at radius 3 is 3.15 bits per heavy atom. The first kappa shape index (κ1) is 13.2. The number of thiazole rings is 1. The fourth-order valence-electron chi connectivity index (χ4n) is 2.36. The molecule has 0 saturated carbocycles. The van der Waals surface area contributed by atoms with E-state index >= 15 is 0 Å². The fourth-order valence-corrected chi connectivity index (χ4v) is 2.88. The first-order chi connectivity index (χ1) is 9.83. The number of piperidine rings is 1. The molecule has 104 valence electrons. The van der Waals surface area contributed by atoms with Gasteiger partial charge in [-0.1, -0.05) is 6.07 Å². The van der Waals surface area contributed by atoms with Gasteiger partial charge in [-0.15, -0.1) is 11.3 Å². The maximum Gasteiger partial charge on any atom is 0.276 e. The molecule has 1 amide bonds. The molecular formula is C14H16N4OS. The van der Waals surface area contributed by atoms with Gasteiger partial charge in [0.2, 0.25) is 0 Å². The lowest BCUT2D eigenvalue weighted by Crippen LogP contribution is -2.29. The molecule has 5 nitrogen and oxygen atoms in total. The highest BCUT2D eigenvalue weighted by atomic mass is 32.1. The van der Waals surface area contributed by atoms with Crippen LogP contribution in [0.2, 0.25) is 0 Å². The van der Waals surface area contributed by atoms with Gasteiger partial charge >= 0.3 is 0 Å². The number of nitrogens with zero attached hydrogens (tertiary/aromatic N) is 2. The maximum absolute atomic E-state index is 12.1. The van der Waals surface area contributed by atoms with Crippen LogP contribution in [0.25, 0.3) is 0 Å². The van der Waals surface area contributed by atoms with E-state index in [0.29, 0.717) is 16.7 Å². The van der Waals surface area contributed by atoms with Crippen LogP contribution in [0.1, 0.15) is 34.9 Å². The van der Waals surface area contributed by atoms with Gasteiger partial charge < -0.3 is 5.32 Å². The standard InChI is InChI=1S/C14H16N4OS/c19-13(18-14-16-7-8-20-14)12-5-1-4-11(17-12)10-3-2-6-15-9-10/h1,4-5,7-8,10,15H,2-3,6,9H2,(H,16,18,19)/t10-/m1/s1. The lowest BCUT2D eigenvalue weighted by Gasteiger charge is -2.22.